The van der Waals surface area contributed by atoms with Gasteiger partial charge in [-0.1, -0.05) is 12.1 Å². The molecule has 1 aromatic carbocycles. The summed E-state index contributed by atoms with van der Waals surface area (Å²) in [7, 11) is 0. The van der Waals surface area contributed by atoms with Gasteiger partial charge in [-0.15, -0.1) is 24.0 Å². The van der Waals surface area contributed by atoms with Gasteiger partial charge in [0.15, 0.2) is 17.5 Å². The minimum absolute atomic E-state index is 0. The number of aliphatic imine (C=N–C) groups is 1. The van der Waals surface area contributed by atoms with Crippen molar-refractivity contribution in [3.8, 4) is 11.5 Å². The van der Waals surface area contributed by atoms with Crippen LogP contribution in [0, 0.1) is 0 Å². The van der Waals surface area contributed by atoms with Gasteiger partial charge in [0.05, 0.1) is 13.2 Å². The average Bonchev–Trinajstić information content (AvgIpc) is 2.61. The molecule has 0 radical (unpaired) electrons. The first-order valence-electron chi connectivity index (χ1n) is 8.91. The van der Waals surface area contributed by atoms with Crippen molar-refractivity contribution in [3.05, 3.63) is 23.8 Å². The third-order valence-corrected chi connectivity index (χ3v) is 3.28. The molecule has 0 unspecified atom stereocenters. The van der Waals surface area contributed by atoms with Gasteiger partial charge >= 0.3 is 6.61 Å². The molecule has 0 aliphatic rings. The lowest BCUT2D eigenvalue weighted by molar-refractivity contribution is -0.0520. The maximum absolute atomic E-state index is 12.8. The highest BCUT2D eigenvalue weighted by Gasteiger charge is 2.15. The second-order valence-corrected chi connectivity index (χ2v) is 5.23. The zero-order valence-corrected chi connectivity index (χ0v) is 18.4. The van der Waals surface area contributed by atoms with Crippen molar-refractivity contribution in [1.29, 1.82) is 0 Å². The highest BCUT2D eigenvalue weighted by Crippen LogP contribution is 2.33. The van der Waals surface area contributed by atoms with Gasteiger partial charge in [-0.2, -0.15) is 8.78 Å². The molecule has 6 nitrogen and oxygen atoms in total. The first kappa shape index (κ1) is 25.6. The molecule has 156 valence electrons. The van der Waals surface area contributed by atoms with Crippen LogP contribution < -0.4 is 20.1 Å². The number of nitrogens with zero attached hydrogens (tertiary/aromatic N) is 1. The first-order chi connectivity index (χ1) is 12.6. The Hall–Kier alpha value is -1.36. The fourth-order valence-electron chi connectivity index (χ4n) is 2.21. The smallest absolute Gasteiger partial charge is 0.387 e. The van der Waals surface area contributed by atoms with Crippen molar-refractivity contribution in [2.24, 2.45) is 4.99 Å². The number of alkyl halides is 2. The Morgan fingerprint density at radius 3 is 2.56 bits per heavy atom. The third-order valence-electron chi connectivity index (χ3n) is 3.28. The van der Waals surface area contributed by atoms with E-state index in [2.05, 4.69) is 20.4 Å². The van der Waals surface area contributed by atoms with Crippen molar-refractivity contribution in [3.63, 3.8) is 0 Å². The Balaban J connectivity index is 0.00000676. The SMILES string of the molecule is CCNC(=NCc1cccc(OCC)c1OC(F)F)NCCCOCC.I. The fourth-order valence-corrected chi connectivity index (χ4v) is 2.21. The second kappa shape index (κ2) is 15.7. The van der Waals surface area contributed by atoms with E-state index in [9.17, 15) is 8.78 Å². The van der Waals surface area contributed by atoms with Crippen LogP contribution in [-0.4, -0.2) is 45.5 Å². The number of nitrogens with one attached hydrogen (secondary N) is 2. The number of para-hydroxylation sites is 1. The largest absolute Gasteiger partial charge is 0.490 e. The van der Waals surface area contributed by atoms with Crippen LogP contribution in [0.3, 0.4) is 0 Å². The quantitative estimate of drug-likeness (QED) is 0.198. The van der Waals surface area contributed by atoms with Crippen molar-refractivity contribution in [1.82, 2.24) is 10.6 Å². The van der Waals surface area contributed by atoms with E-state index in [0.717, 1.165) is 6.42 Å². The molecule has 1 rings (SSSR count). The molecule has 0 fully saturated rings. The van der Waals surface area contributed by atoms with E-state index in [1.807, 2.05) is 13.8 Å². The summed E-state index contributed by atoms with van der Waals surface area (Å²) in [6.45, 7) is 6.06. The Labute approximate surface area is 177 Å². The van der Waals surface area contributed by atoms with Gasteiger partial charge in [-0.3, -0.25) is 0 Å². The Kier molecular flexibility index (Phi) is 14.9. The Morgan fingerprint density at radius 2 is 1.93 bits per heavy atom. The summed E-state index contributed by atoms with van der Waals surface area (Å²) in [6.07, 6.45) is 0.845. The molecular weight excluding hydrogens is 471 g/mol. The molecule has 0 saturated carbocycles. The molecule has 0 saturated heterocycles. The summed E-state index contributed by atoms with van der Waals surface area (Å²) < 4.78 is 40.9. The molecule has 1 aromatic rings. The minimum Gasteiger partial charge on any atom is -0.490 e. The van der Waals surface area contributed by atoms with E-state index in [1.54, 1.807) is 25.1 Å². The van der Waals surface area contributed by atoms with Gasteiger partial charge in [0.1, 0.15) is 0 Å². The lowest BCUT2D eigenvalue weighted by Gasteiger charge is -2.15. The van der Waals surface area contributed by atoms with E-state index in [-0.39, 0.29) is 42.0 Å². The summed E-state index contributed by atoms with van der Waals surface area (Å²) >= 11 is 0. The molecule has 27 heavy (non-hydrogen) atoms. The van der Waals surface area contributed by atoms with E-state index in [4.69, 9.17) is 9.47 Å². The summed E-state index contributed by atoms with van der Waals surface area (Å²) in [5.41, 5.74) is 0.530. The molecule has 9 heteroatoms. The van der Waals surface area contributed by atoms with Crippen LogP contribution in [0.25, 0.3) is 0 Å². The maximum atomic E-state index is 12.8. The van der Waals surface area contributed by atoms with Gasteiger partial charge in [-0.05, 0) is 33.3 Å². The zero-order chi connectivity index (χ0) is 19.2. The van der Waals surface area contributed by atoms with Crippen LogP contribution in [0.4, 0.5) is 8.78 Å². The van der Waals surface area contributed by atoms with Gasteiger partial charge in [-0.25, -0.2) is 4.99 Å². The first-order valence-corrected chi connectivity index (χ1v) is 8.91. The standard InChI is InChI=1S/C18H29F2N3O3.HI/c1-4-21-18(22-11-8-12-24-5-2)23-13-14-9-7-10-15(25-6-3)16(14)26-17(19)20;/h7,9-10,17H,4-6,8,11-13H2,1-3H3,(H2,21,22,23);1H. The molecule has 0 amide bonds. The Morgan fingerprint density at radius 1 is 1.15 bits per heavy atom. The molecular formula is C18H30F2IN3O3. The molecule has 0 bridgehead atoms. The topological polar surface area (TPSA) is 64.1 Å². The van der Waals surface area contributed by atoms with Crippen LogP contribution in [-0.2, 0) is 11.3 Å². The average molecular weight is 501 g/mol. The fraction of sp³-hybridized carbons (Fsp3) is 0.611. The van der Waals surface area contributed by atoms with Crippen molar-refractivity contribution in [2.75, 3.05) is 32.9 Å². The number of hydrogen-bond donors (Lipinski definition) is 2. The van der Waals surface area contributed by atoms with E-state index in [0.29, 0.717) is 44.4 Å². The predicted molar refractivity (Wildman–Crippen MR) is 114 cm³/mol. The molecule has 0 aliphatic heterocycles. The van der Waals surface area contributed by atoms with Gasteiger partial charge in [0, 0.05) is 31.9 Å². The van der Waals surface area contributed by atoms with E-state index >= 15 is 0 Å². The van der Waals surface area contributed by atoms with Crippen LogP contribution >= 0.6 is 24.0 Å². The van der Waals surface area contributed by atoms with Crippen molar-refractivity contribution < 1.29 is 23.0 Å². The second-order valence-electron chi connectivity index (χ2n) is 5.23. The van der Waals surface area contributed by atoms with Crippen molar-refractivity contribution >= 4 is 29.9 Å². The predicted octanol–water partition coefficient (Wildman–Crippen LogP) is 3.79. The lowest BCUT2D eigenvalue weighted by atomic mass is 10.2. The number of ether oxygens (including phenoxy) is 3. The van der Waals surface area contributed by atoms with Gasteiger partial charge < -0.3 is 24.8 Å². The summed E-state index contributed by atoms with van der Waals surface area (Å²) in [6, 6.07) is 5.03. The summed E-state index contributed by atoms with van der Waals surface area (Å²) in [5.74, 6) is 0.921. The van der Waals surface area contributed by atoms with Crippen LogP contribution in [0.5, 0.6) is 11.5 Å². The normalized spacial score (nSPS) is 11.1. The lowest BCUT2D eigenvalue weighted by Crippen LogP contribution is -2.38. The van der Waals surface area contributed by atoms with Crippen molar-refractivity contribution in [2.45, 2.75) is 40.3 Å². The van der Waals surface area contributed by atoms with Gasteiger partial charge in [0.2, 0.25) is 0 Å². The number of rotatable bonds is 12. The summed E-state index contributed by atoms with van der Waals surface area (Å²) in [4.78, 5) is 4.44. The zero-order valence-electron chi connectivity index (χ0n) is 16.1. The highest BCUT2D eigenvalue weighted by molar-refractivity contribution is 14.0. The van der Waals surface area contributed by atoms with Crippen LogP contribution in [0.2, 0.25) is 0 Å². The Bertz CT molecular complexity index is 549. The minimum atomic E-state index is -2.93. The van der Waals surface area contributed by atoms with E-state index in [1.165, 1.54) is 0 Å². The monoisotopic (exact) mass is 501 g/mol. The number of hydrogen-bond acceptors (Lipinski definition) is 4. The molecule has 2 N–H and O–H groups in total. The molecule has 0 aliphatic carbocycles. The maximum Gasteiger partial charge on any atom is 0.387 e. The number of halogens is 3. The third kappa shape index (κ3) is 10.5. The molecule has 0 spiro atoms. The van der Waals surface area contributed by atoms with E-state index < -0.39 is 6.61 Å². The highest BCUT2D eigenvalue weighted by atomic mass is 127. The van der Waals surface area contributed by atoms with Gasteiger partial charge in [0.25, 0.3) is 0 Å². The molecule has 0 heterocycles. The molecule has 0 aromatic heterocycles. The number of benzene rings is 1. The number of guanidine groups is 1. The summed E-state index contributed by atoms with van der Waals surface area (Å²) in [5, 5.41) is 6.31. The molecule has 0 atom stereocenters. The van der Waals surface area contributed by atoms with Crippen LogP contribution in [0.15, 0.2) is 23.2 Å². The van der Waals surface area contributed by atoms with Crippen LogP contribution in [0.1, 0.15) is 32.8 Å².